The molecule has 2 aromatic heterocycles. The van der Waals surface area contributed by atoms with Gasteiger partial charge in [0.2, 0.25) is 5.13 Å². The van der Waals surface area contributed by atoms with Gasteiger partial charge in [0.15, 0.2) is 0 Å². The Kier molecular flexibility index (Phi) is 5.63. The summed E-state index contributed by atoms with van der Waals surface area (Å²) in [7, 11) is 1.36. The number of carbonyl (C=O) groups excluding carboxylic acids is 1. The van der Waals surface area contributed by atoms with Gasteiger partial charge in [-0.2, -0.15) is 5.10 Å². The molecule has 0 amide bonds. The molecule has 0 aliphatic rings. The van der Waals surface area contributed by atoms with E-state index in [0.29, 0.717) is 15.7 Å². The van der Waals surface area contributed by atoms with E-state index in [2.05, 4.69) is 34.6 Å². The fraction of sp³-hybridized carbons (Fsp3) is 0.174. The lowest BCUT2D eigenvalue weighted by atomic mass is 10.1. The van der Waals surface area contributed by atoms with E-state index in [4.69, 9.17) is 9.15 Å². The van der Waals surface area contributed by atoms with Crippen LogP contribution in [-0.4, -0.2) is 18.1 Å². The number of fused-ring (bicyclic) bond motifs is 1. The molecule has 4 rings (SSSR count). The molecule has 0 saturated carbocycles. The Morgan fingerprint density at radius 1 is 1.20 bits per heavy atom. The zero-order valence-corrected chi connectivity index (χ0v) is 17.7. The van der Waals surface area contributed by atoms with Crippen molar-refractivity contribution in [1.82, 2.24) is 4.98 Å². The molecular formula is C23H21N3O3S. The molecule has 2 aromatic carbocycles. The highest BCUT2D eigenvalue weighted by Gasteiger charge is 2.15. The molecule has 4 aromatic rings. The maximum atomic E-state index is 11.8. The molecule has 7 heteroatoms. The number of thiazole rings is 1. The summed E-state index contributed by atoms with van der Waals surface area (Å²) in [6.07, 6.45) is 0.914. The predicted molar refractivity (Wildman–Crippen MR) is 118 cm³/mol. The standard InChI is InChI=1S/C23H21N3O3S/c1-4-15-10-11-19-17(12-15)18(13-20(29-19)16-8-6-5-7-9-16)25-26-23-24-14(2)21(30-23)22(27)28-3/h5-13H,4H2,1-3H3,(H,24,26)/b25-18+. The van der Waals surface area contributed by atoms with Crippen molar-refractivity contribution in [1.29, 1.82) is 0 Å². The van der Waals surface area contributed by atoms with Gasteiger partial charge in [-0.15, -0.1) is 0 Å². The van der Waals surface area contributed by atoms with Crippen molar-refractivity contribution in [3.8, 4) is 11.3 Å². The Hall–Kier alpha value is -3.45. The Bertz CT molecular complexity index is 1280. The van der Waals surface area contributed by atoms with E-state index >= 15 is 0 Å². The number of ether oxygens (including phenoxy) is 1. The number of hydrogen-bond donors (Lipinski definition) is 1. The summed E-state index contributed by atoms with van der Waals surface area (Å²) in [5, 5.41) is 6.75. The number of anilines is 1. The minimum Gasteiger partial charge on any atom is -0.465 e. The first-order chi connectivity index (χ1) is 14.6. The minimum atomic E-state index is -0.402. The van der Waals surface area contributed by atoms with Crippen LogP contribution in [-0.2, 0) is 11.2 Å². The van der Waals surface area contributed by atoms with Crippen molar-refractivity contribution in [3.63, 3.8) is 0 Å². The highest BCUT2D eigenvalue weighted by molar-refractivity contribution is 7.17. The number of rotatable bonds is 5. The van der Waals surface area contributed by atoms with Crippen LogP contribution in [0, 0.1) is 6.92 Å². The molecule has 0 spiro atoms. The molecule has 0 radical (unpaired) electrons. The third-order valence-electron chi connectivity index (χ3n) is 4.71. The normalized spacial score (nSPS) is 11.6. The van der Waals surface area contributed by atoms with Gasteiger partial charge in [-0.1, -0.05) is 54.7 Å². The van der Waals surface area contributed by atoms with E-state index in [1.54, 1.807) is 6.92 Å². The zero-order chi connectivity index (χ0) is 21.1. The fourth-order valence-electron chi connectivity index (χ4n) is 3.11. The average molecular weight is 420 g/mol. The molecule has 0 unspecified atom stereocenters. The van der Waals surface area contributed by atoms with Gasteiger partial charge in [0, 0.05) is 17.0 Å². The van der Waals surface area contributed by atoms with Gasteiger partial charge in [-0.05, 0) is 31.0 Å². The van der Waals surface area contributed by atoms with Crippen LogP contribution in [0.5, 0.6) is 0 Å². The molecule has 6 nitrogen and oxygen atoms in total. The second-order valence-electron chi connectivity index (χ2n) is 6.69. The molecule has 30 heavy (non-hydrogen) atoms. The summed E-state index contributed by atoms with van der Waals surface area (Å²) in [5.74, 6) is 0.319. The highest BCUT2D eigenvalue weighted by atomic mass is 32.1. The molecule has 0 aliphatic carbocycles. The number of nitrogens with one attached hydrogen (secondary N) is 1. The van der Waals surface area contributed by atoms with Crippen LogP contribution in [0.15, 0.2) is 64.1 Å². The van der Waals surface area contributed by atoms with E-state index in [1.165, 1.54) is 24.0 Å². The van der Waals surface area contributed by atoms with Crippen LogP contribution in [0.3, 0.4) is 0 Å². The topological polar surface area (TPSA) is 76.7 Å². The van der Waals surface area contributed by atoms with Gasteiger partial charge in [-0.25, -0.2) is 9.78 Å². The van der Waals surface area contributed by atoms with Gasteiger partial charge in [0.25, 0.3) is 0 Å². The number of carbonyl (C=O) groups is 1. The number of esters is 1. The maximum Gasteiger partial charge on any atom is 0.350 e. The summed E-state index contributed by atoms with van der Waals surface area (Å²) in [5.41, 5.74) is 6.51. The molecule has 1 N–H and O–H groups in total. The molecule has 2 heterocycles. The molecule has 0 atom stereocenters. The van der Waals surface area contributed by atoms with E-state index in [1.807, 2.05) is 42.5 Å². The van der Waals surface area contributed by atoms with Crippen LogP contribution >= 0.6 is 11.3 Å². The average Bonchev–Trinajstić information content (AvgIpc) is 3.17. The molecule has 152 valence electrons. The highest BCUT2D eigenvalue weighted by Crippen LogP contribution is 2.24. The summed E-state index contributed by atoms with van der Waals surface area (Å²) in [6.45, 7) is 3.88. The Labute approximate surface area is 177 Å². The van der Waals surface area contributed by atoms with Crippen molar-refractivity contribution in [2.75, 3.05) is 12.5 Å². The Balaban J connectivity index is 1.82. The lowest BCUT2D eigenvalue weighted by molar-refractivity contribution is 0.0605. The van der Waals surface area contributed by atoms with Crippen LogP contribution in [0.2, 0.25) is 0 Å². The smallest absolute Gasteiger partial charge is 0.350 e. The number of aromatic nitrogens is 1. The van der Waals surface area contributed by atoms with Crippen LogP contribution in [0.1, 0.15) is 27.9 Å². The lowest BCUT2D eigenvalue weighted by Crippen LogP contribution is -2.08. The predicted octanol–water partition coefficient (Wildman–Crippen LogP) is 5.14. The minimum absolute atomic E-state index is 0.402. The molecule has 0 fully saturated rings. The Morgan fingerprint density at radius 2 is 2.00 bits per heavy atom. The number of methoxy groups -OCH3 is 1. The van der Waals surface area contributed by atoms with Gasteiger partial charge in [0.1, 0.15) is 16.2 Å². The first-order valence-corrected chi connectivity index (χ1v) is 10.4. The number of benzene rings is 2. The van der Waals surface area contributed by atoms with Crippen molar-refractivity contribution < 1.29 is 13.9 Å². The second-order valence-corrected chi connectivity index (χ2v) is 7.69. The van der Waals surface area contributed by atoms with E-state index in [9.17, 15) is 4.79 Å². The summed E-state index contributed by atoms with van der Waals surface area (Å²) >= 11 is 1.21. The number of aryl methyl sites for hydroxylation is 2. The third kappa shape index (κ3) is 3.97. The molecule has 0 aliphatic heterocycles. The molecular weight excluding hydrogens is 398 g/mol. The number of nitrogens with zero attached hydrogens (tertiary/aromatic N) is 2. The van der Waals surface area contributed by atoms with Crippen molar-refractivity contribution >= 4 is 33.4 Å². The summed E-state index contributed by atoms with van der Waals surface area (Å²) < 4.78 is 10.9. The zero-order valence-electron chi connectivity index (χ0n) is 16.9. The Morgan fingerprint density at radius 3 is 2.73 bits per heavy atom. The van der Waals surface area contributed by atoms with E-state index in [-0.39, 0.29) is 0 Å². The SMILES string of the molecule is CCc1ccc2oc(-c3ccccc3)c/c(=N\Nc3nc(C)c(C(=O)OC)s3)c2c1. The maximum absolute atomic E-state index is 11.8. The van der Waals surface area contributed by atoms with Crippen molar-refractivity contribution in [2.45, 2.75) is 20.3 Å². The van der Waals surface area contributed by atoms with Gasteiger partial charge in [-0.3, -0.25) is 5.43 Å². The van der Waals surface area contributed by atoms with Gasteiger partial charge >= 0.3 is 5.97 Å². The van der Waals surface area contributed by atoms with Crippen molar-refractivity contribution in [3.05, 3.63) is 76.1 Å². The van der Waals surface area contributed by atoms with Gasteiger partial charge < -0.3 is 9.15 Å². The largest absolute Gasteiger partial charge is 0.465 e. The molecule has 0 bridgehead atoms. The van der Waals surface area contributed by atoms with Crippen LogP contribution in [0.25, 0.3) is 22.3 Å². The lowest BCUT2D eigenvalue weighted by Gasteiger charge is -2.06. The summed E-state index contributed by atoms with van der Waals surface area (Å²) in [6, 6.07) is 17.9. The molecule has 0 saturated heterocycles. The second kappa shape index (κ2) is 8.51. The van der Waals surface area contributed by atoms with E-state index in [0.717, 1.165) is 34.1 Å². The fourth-order valence-corrected chi connectivity index (χ4v) is 3.93. The van der Waals surface area contributed by atoms with Crippen LogP contribution in [0.4, 0.5) is 5.13 Å². The first kappa shape index (κ1) is 19.8. The van der Waals surface area contributed by atoms with Crippen LogP contribution < -0.4 is 10.8 Å². The van der Waals surface area contributed by atoms with Gasteiger partial charge in [0.05, 0.1) is 18.2 Å². The first-order valence-electron chi connectivity index (χ1n) is 9.56. The number of hydrogen-bond acceptors (Lipinski definition) is 7. The quantitative estimate of drug-likeness (QED) is 0.358. The summed E-state index contributed by atoms with van der Waals surface area (Å²) in [4.78, 5) is 16.7. The monoisotopic (exact) mass is 419 g/mol. The van der Waals surface area contributed by atoms with E-state index < -0.39 is 5.97 Å². The third-order valence-corrected chi connectivity index (χ3v) is 5.76. The van der Waals surface area contributed by atoms with Crippen molar-refractivity contribution in [2.24, 2.45) is 5.10 Å².